The molecule has 0 saturated carbocycles. The molecule has 0 saturated heterocycles. The Morgan fingerprint density at radius 1 is 1.00 bits per heavy atom. The summed E-state index contributed by atoms with van der Waals surface area (Å²) in [7, 11) is 0. The Bertz CT molecular complexity index is 530. The molecule has 0 aliphatic heterocycles. The van der Waals surface area contributed by atoms with Crippen LogP contribution in [0.15, 0.2) is 24.4 Å². The Kier molecular flexibility index (Phi) is 4.93. The second-order valence-corrected chi connectivity index (χ2v) is 5.71. The Morgan fingerprint density at radius 3 is 2.11 bits per heavy atom. The maximum absolute atomic E-state index is 4.12. The molecule has 0 radical (unpaired) electrons. The molecular formula is C17H26N2. The molecule has 0 spiro atoms. The highest BCUT2D eigenvalue weighted by Gasteiger charge is 2.20. The molecular weight excluding hydrogens is 232 g/mol. The van der Waals surface area contributed by atoms with E-state index in [1.807, 2.05) is 20.0 Å². The van der Waals surface area contributed by atoms with E-state index in [0.717, 1.165) is 5.69 Å². The number of aryl methyl sites for hydroxylation is 2. The van der Waals surface area contributed by atoms with Gasteiger partial charge in [-0.3, -0.25) is 5.10 Å². The van der Waals surface area contributed by atoms with E-state index in [0.29, 0.717) is 0 Å². The van der Waals surface area contributed by atoms with Crippen LogP contribution in [0.4, 0.5) is 0 Å². The van der Waals surface area contributed by atoms with Crippen LogP contribution in [-0.4, -0.2) is 10.2 Å². The predicted octanol–water partition coefficient (Wildman–Crippen LogP) is 5.02. The van der Waals surface area contributed by atoms with Gasteiger partial charge in [-0.15, -0.1) is 0 Å². The smallest absolute Gasteiger partial charge is 0.0568 e. The maximum Gasteiger partial charge on any atom is 0.0568 e. The number of rotatable bonds is 1. The third kappa shape index (κ3) is 3.46. The zero-order chi connectivity index (χ0) is 14.6. The monoisotopic (exact) mass is 258 g/mol. The lowest BCUT2D eigenvalue weighted by molar-refractivity contribution is 0.591. The molecule has 2 heteroatoms. The highest BCUT2D eigenvalue weighted by Crippen LogP contribution is 2.34. The lowest BCUT2D eigenvalue weighted by atomic mass is 9.81. The van der Waals surface area contributed by atoms with Gasteiger partial charge in [-0.1, -0.05) is 58.4 Å². The molecule has 104 valence electrons. The first-order valence-electron chi connectivity index (χ1n) is 7.01. The van der Waals surface area contributed by atoms with Crippen LogP contribution in [0.25, 0.3) is 11.1 Å². The van der Waals surface area contributed by atoms with Crippen molar-refractivity contribution in [2.75, 3.05) is 0 Å². The Balaban J connectivity index is 0.000000861. The Hall–Kier alpha value is -1.57. The number of hydrogen-bond acceptors (Lipinski definition) is 1. The van der Waals surface area contributed by atoms with Crippen LogP contribution in [0.5, 0.6) is 0 Å². The van der Waals surface area contributed by atoms with Crippen LogP contribution in [0.1, 0.15) is 51.4 Å². The van der Waals surface area contributed by atoms with Crippen molar-refractivity contribution in [1.82, 2.24) is 10.2 Å². The first kappa shape index (κ1) is 15.5. The molecule has 0 atom stereocenters. The van der Waals surface area contributed by atoms with E-state index >= 15 is 0 Å². The van der Waals surface area contributed by atoms with Crippen molar-refractivity contribution in [1.29, 1.82) is 0 Å². The van der Waals surface area contributed by atoms with E-state index in [9.17, 15) is 0 Å². The van der Waals surface area contributed by atoms with E-state index in [4.69, 9.17) is 0 Å². The van der Waals surface area contributed by atoms with Crippen molar-refractivity contribution < 1.29 is 0 Å². The molecule has 0 bridgehead atoms. The van der Waals surface area contributed by atoms with Crippen molar-refractivity contribution in [3.8, 4) is 11.1 Å². The van der Waals surface area contributed by atoms with Crippen LogP contribution < -0.4 is 0 Å². The summed E-state index contributed by atoms with van der Waals surface area (Å²) >= 11 is 0. The second-order valence-electron chi connectivity index (χ2n) is 5.71. The molecule has 19 heavy (non-hydrogen) atoms. The van der Waals surface area contributed by atoms with Crippen LogP contribution in [-0.2, 0) is 5.41 Å². The number of aromatic nitrogens is 2. The number of aromatic amines is 1. The average molecular weight is 258 g/mol. The van der Waals surface area contributed by atoms with Gasteiger partial charge in [0, 0.05) is 11.3 Å². The van der Waals surface area contributed by atoms with Crippen LogP contribution in [0.3, 0.4) is 0 Å². The predicted molar refractivity (Wildman–Crippen MR) is 83.5 cm³/mol. The zero-order valence-corrected chi connectivity index (χ0v) is 13.3. The van der Waals surface area contributed by atoms with Gasteiger partial charge < -0.3 is 0 Å². The minimum atomic E-state index is 0.144. The summed E-state index contributed by atoms with van der Waals surface area (Å²) in [5.74, 6) is 0. The lowest BCUT2D eigenvalue weighted by Crippen LogP contribution is -2.13. The molecule has 2 nitrogen and oxygen atoms in total. The van der Waals surface area contributed by atoms with E-state index < -0.39 is 0 Å². The Labute approximate surface area is 117 Å². The second kappa shape index (κ2) is 6.05. The molecule has 1 heterocycles. The molecule has 0 aliphatic rings. The van der Waals surface area contributed by atoms with Crippen LogP contribution in [0.2, 0.25) is 0 Å². The molecule has 0 unspecified atom stereocenters. The summed E-state index contributed by atoms with van der Waals surface area (Å²) in [6.07, 6.45) is 1.91. The highest BCUT2D eigenvalue weighted by atomic mass is 15.1. The van der Waals surface area contributed by atoms with Gasteiger partial charge in [0.2, 0.25) is 0 Å². The summed E-state index contributed by atoms with van der Waals surface area (Å²) in [6.45, 7) is 15.0. The van der Waals surface area contributed by atoms with Gasteiger partial charge in [0.1, 0.15) is 0 Å². The fraction of sp³-hybridized carbons (Fsp3) is 0.471. The number of nitrogens with one attached hydrogen (secondary N) is 1. The molecule has 0 fully saturated rings. The van der Waals surface area contributed by atoms with E-state index in [1.165, 1.54) is 22.3 Å². The topological polar surface area (TPSA) is 28.7 Å². The van der Waals surface area contributed by atoms with Crippen molar-refractivity contribution in [3.63, 3.8) is 0 Å². The fourth-order valence-electron chi connectivity index (χ4n) is 2.14. The summed E-state index contributed by atoms with van der Waals surface area (Å²) in [5, 5.41) is 7.13. The first-order chi connectivity index (χ1) is 8.89. The molecule has 2 rings (SSSR count). The summed E-state index contributed by atoms with van der Waals surface area (Å²) < 4.78 is 0. The minimum Gasteiger partial charge on any atom is -0.282 e. The largest absolute Gasteiger partial charge is 0.282 e. The summed E-state index contributed by atoms with van der Waals surface area (Å²) in [6, 6.07) is 6.65. The molecule has 0 amide bonds. The van der Waals surface area contributed by atoms with Gasteiger partial charge in [-0.2, -0.15) is 5.10 Å². The van der Waals surface area contributed by atoms with E-state index in [2.05, 4.69) is 63.0 Å². The molecule has 0 aliphatic carbocycles. The lowest BCUT2D eigenvalue weighted by Gasteiger charge is -2.23. The molecule has 1 N–H and O–H groups in total. The zero-order valence-electron chi connectivity index (χ0n) is 13.3. The number of hydrogen-bond donors (Lipinski definition) is 1. The van der Waals surface area contributed by atoms with Crippen molar-refractivity contribution >= 4 is 0 Å². The minimum absolute atomic E-state index is 0.144. The van der Waals surface area contributed by atoms with E-state index in [-0.39, 0.29) is 5.41 Å². The standard InChI is InChI=1S/C15H20N2.C2H6/c1-10-6-7-12(13-9-16-17-11(13)2)14(8-10)15(3,4)5;1-2/h6-9H,1-5H3,(H,16,17);1-2H3. The molecule has 1 aromatic carbocycles. The third-order valence-electron chi connectivity index (χ3n) is 3.10. The average Bonchev–Trinajstić information content (AvgIpc) is 2.77. The van der Waals surface area contributed by atoms with Crippen LogP contribution in [0, 0.1) is 13.8 Å². The molecule has 2 aromatic rings. The fourth-order valence-corrected chi connectivity index (χ4v) is 2.14. The Morgan fingerprint density at radius 2 is 1.63 bits per heavy atom. The van der Waals surface area contributed by atoms with Crippen molar-refractivity contribution in [2.24, 2.45) is 0 Å². The van der Waals surface area contributed by atoms with Gasteiger partial charge >= 0.3 is 0 Å². The van der Waals surface area contributed by atoms with Gasteiger partial charge in [0.25, 0.3) is 0 Å². The maximum atomic E-state index is 4.12. The van der Waals surface area contributed by atoms with Crippen molar-refractivity contribution in [2.45, 2.75) is 53.9 Å². The summed E-state index contributed by atoms with van der Waals surface area (Å²) in [4.78, 5) is 0. The SMILES string of the molecule is CC.Cc1ccc(-c2cn[nH]c2C)c(C(C)(C)C)c1. The quantitative estimate of drug-likeness (QED) is 0.764. The van der Waals surface area contributed by atoms with Gasteiger partial charge in [-0.05, 0) is 30.4 Å². The number of nitrogens with zero attached hydrogens (tertiary/aromatic N) is 1. The number of H-pyrrole nitrogens is 1. The normalized spacial score (nSPS) is 10.9. The van der Waals surface area contributed by atoms with Gasteiger partial charge in [0.15, 0.2) is 0 Å². The molecule has 1 aromatic heterocycles. The van der Waals surface area contributed by atoms with Gasteiger partial charge in [0.05, 0.1) is 6.20 Å². The summed E-state index contributed by atoms with van der Waals surface area (Å²) in [5.41, 5.74) is 6.44. The first-order valence-corrected chi connectivity index (χ1v) is 7.01. The van der Waals surface area contributed by atoms with Gasteiger partial charge in [-0.25, -0.2) is 0 Å². The van der Waals surface area contributed by atoms with Crippen LogP contribution >= 0.6 is 0 Å². The third-order valence-corrected chi connectivity index (χ3v) is 3.10. The number of benzene rings is 1. The highest BCUT2D eigenvalue weighted by molar-refractivity contribution is 5.70. The van der Waals surface area contributed by atoms with E-state index in [1.54, 1.807) is 0 Å². The van der Waals surface area contributed by atoms with Crippen molar-refractivity contribution in [3.05, 3.63) is 41.2 Å².